The van der Waals surface area contributed by atoms with E-state index in [9.17, 15) is 4.39 Å². The van der Waals surface area contributed by atoms with Crippen LogP contribution in [0.15, 0.2) is 28.7 Å². The Labute approximate surface area is 104 Å². The number of hydrogen-bond acceptors (Lipinski definition) is 2. The third-order valence-corrected chi connectivity index (χ3v) is 3.02. The summed E-state index contributed by atoms with van der Waals surface area (Å²) in [5.41, 5.74) is 7.20. The van der Waals surface area contributed by atoms with Crippen LogP contribution in [0.5, 0.6) is 0 Å². The maximum absolute atomic E-state index is 13.8. The Balaban J connectivity index is 2.47. The van der Waals surface area contributed by atoms with Gasteiger partial charge in [0.15, 0.2) is 0 Å². The van der Waals surface area contributed by atoms with Crippen LogP contribution >= 0.6 is 11.6 Å². The molecule has 2 nitrogen and oxygen atoms in total. The second-order valence-corrected chi connectivity index (χ2v) is 4.40. The summed E-state index contributed by atoms with van der Waals surface area (Å²) in [6.45, 7) is 3.64. The van der Waals surface area contributed by atoms with E-state index in [4.69, 9.17) is 21.8 Å². The zero-order valence-electron chi connectivity index (χ0n) is 9.63. The number of nitrogens with two attached hydrogens (primary N) is 1. The SMILES string of the molecule is Cc1cc(C(N)c2cccc(Cl)c2F)c(C)o1. The summed E-state index contributed by atoms with van der Waals surface area (Å²) in [6, 6.07) is 6.07. The van der Waals surface area contributed by atoms with Crippen molar-refractivity contribution in [2.45, 2.75) is 19.9 Å². The quantitative estimate of drug-likeness (QED) is 0.886. The first-order valence-corrected chi connectivity index (χ1v) is 5.65. The highest BCUT2D eigenvalue weighted by atomic mass is 35.5. The number of aryl methyl sites for hydroxylation is 2. The van der Waals surface area contributed by atoms with Crippen LogP contribution in [0.1, 0.15) is 28.7 Å². The molecule has 0 aliphatic rings. The number of furan rings is 1. The van der Waals surface area contributed by atoms with Crippen LogP contribution in [0.4, 0.5) is 4.39 Å². The zero-order valence-corrected chi connectivity index (χ0v) is 10.4. The Morgan fingerprint density at radius 1 is 1.29 bits per heavy atom. The van der Waals surface area contributed by atoms with E-state index in [0.29, 0.717) is 11.3 Å². The monoisotopic (exact) mass is 253 g/mol. The zero-order chi connectivity index (χ0) is 12.6. The first-order chi connectivity index (χ1) is 8.00. The fourth-order valence-electron chi connectivity index (χ4n) is 1.89. The van der Waals surface area contributed by atoms with Crippen LogP contribution < -0.4 is 5.73 Å². The molecule has 0 spiro atoms. The van der Waals surface area contributed by atoms with Gasteiger partial charge in [-0.15, -0.1) is 0 Å². The van der Waals surface area contributed by atoms with E-state index < -0.39 is 11.9 Å². The van der Waals surface area contributed by atoms with Gasteiger partial charge in [-0.05, 0) is 26.0 Å². The molecule has 1 heterocycles. The fraction of sp³-hybridized carbons (Fsp3) is 0.231. The van der Waals surface area contributed by atoms with E-state index in [0.717, 1.165) is 11.3 Å². The number of benzene rings is 1. The summed E-state index contributed by atoms with van der Waals surface area (Å²) in [6.07, 6.45) is 0. The molecule has 0 amide bonds. The second kappa shape index (κ2) is 4.51. The molecule has 4 heteroatoms. The van der Waals surface area contributed by atoms with Crippen molar-refractivity contribution >= 4 is 11.6 Å². The topological polar surface area (TPSA) is 39.2 Å². The molecule has 0 saturated carbocycles. The van der Waals surface area contributed by atoms with Gasteiger partial charge in [-0.25, -0.2) is 4.39 Å². The fourth-order valence-corrected chi connectivity index (χ4v) is 2.07. The molecule has 1 unspecified atom stereocenters. The van der Waals surface area contributed by atoms with Gasteiger partial charge < -0.3 is 10.2 Å². The minimum atomic E-state index is -0.564. The Morgan fingerprint density at radius 2 is 2.00 bits per heavy atom. The maximum atomic E-state index is 13.8. The molecule has 1 aromatic heterocycles. The lowest BCUT2D eigenvalue weighted by atomic mass is 9.99. The predicted molar refractivity (Wildman–Crippen MR) is 65.6 cm³/mol. The molecule has 17 heavy (non-hydrogen) atoms. The van der Waals surface area contributed by atoms with Gasteiger partial charge in [0, 0.05) is 11.1 Å². The normalized spacial score (nSPS) is 12.8. The molecule has 2 rings (SSSR count). The highest BCUT2D eigenvalue weighted by Gasteiger charge is 2.19. The van der Waals surface area contributed by atoms with Gasteiger partial charge in [-0.2, -0.15) is 0 Å². The van der Waals surface area contributed by atoms with E-state index in [-0.39, 0.29) is 5.02 Å². The van der Waals surface area contributed by atoms with E-state index in [1.807, 2.05) is 19.9 Å². The third-order valence-electron chi connectivity index (χ3n) is 2.73. The van der Waals surface area contributed by atoms with Crippen molar-refractivity contribution in [3.63, 3.8) is 0 Å². The third kappa shape index (κ3) is 2.21. The lowest BCUT2D eigenvalue weighted by molar-refractivity contribution is 0.499. The molecule has 2 N–H and O–H groups in total. The summed E-state index contributed by atoms with van der Waals surface area (Å²) >= 11 is 5.74. The van der Waals surface area contributed by atoms with Gasteiger partial charge in [-0.1, -0.05) is 23.7 Å². The van der Waals surface area contributed by atoms with Crippen molar-refractivity contribution in [3.8, 4) is 0 Å². The smallest absolute Gasteiger partial charge is 0.146 e. The largest absolute Gasteiger partial charge is 0.466 e. The summed E-state index contributed by atoms with van der Waals surface area (Å²) in [5.74, 6) is 0.990. The van der Waals surface area contributed by atoms with Gasteiger partial charge in [0.2, 0.25) is 0 Å². The van der Waals surface area contributed by atoms with E-state index in [1.54, 1.807) is 12.1 Å². The van der Waals surface area contributed by atoms with Gasteiger partial charge in [0.05, 0.1) is 11.1 Å². The molecule has 0 fully saturated rings. The molecule has 90 valence electrons. The number of hydrogen-bond donors (Lipinski definition) is 1. The van der Waals surface area contributed by atoms with Gasteiger partial charge in [0.1, 0.15) is 17.3 Å². The lowest BCUT2D eigenvalue weighted by Gasteiger charge is -2.12. The van der Waals surface area contributed by atoms with E-state index in [2.05, 4.69) is 0 Å². The van der Waals surface area contributed by atoms with Crippen LogP contribution in [0.25, 0.3) is 0 Å². The van der Waals surface area contributed by atoms with Crippen LogP contribution in [0, 0.1) is 19.7 Å². The minimum absolute atomic E-state index is 0.0795. The van der Waals surface area contributed by atoms with Crippen LogP contribution in [-0.2, 0) is 0 Å². The van der Waals surface area contributed by atoms with E-state index >= 15 is 0 Å². The lowest BCUT2D eigenvalue weighted by Crippen LogP contribution is -2.14. The molecule has 0 aliphatic heterocycles. The van der Waals surface area contributed by atoms with Crippen molar-refractivity contribution in [2.24, 2.45) is 5.73 Å². The number of rotatable bonds is 2. The van der Waals surface area contributed by atoms with Crippen molar-refractivity contribution in [3.05, 3.63) is 57.8 Å². The van der Waals surface area contributed by atoms with Crippen LogP contribution in [-0.4, -0.2) is 0 Å². The highest BCUT2D eigenvalue weighted by Crippen LogP contribution is 2.29. The Hall–Kier alpha value is -1.32. The average molecular weight is 254 g/mol. The van der Waals surface area contributed by atoms with Crippen LogP contribution in [0.3, 0.4) is 0 Å². The molecule has 0 radical (unpaired) electrons. The number of halogens is 2. The summed E-state index contributed by atoms with van der Waals surface area (Å²) in [7, 11) is 0. The molecule has 1 atom stereocenters. The molecule has 1 aromatic carbocycles. The average Bonchev–Trinajstić information content (AvgIpc) is 2.61. The molecule has 0 saturated heterocycles. The van der Waals surface area contributed by atoms with Gasteiger partial charge in [-0.3, -0.25) is 0 Å². The van der Waals surface area contributed by atoms with E-state index in [1.165, 1.54) is 6.07 Å². The van der Waals surface area contributed by atoms with Crippen molar-refractivity contribution < 1.29 is 8.81 Å². The standard InChI is InChI=1S/C13H13ClFNO/c1-7-6-10(8(2)17-7)13(16)9-4-3-5-11(14)12(9)15/h3-6,13H,16H2,1-2H3. The summed E-state index contributed by atoms with van der Waals surface area (Å²) in [5, 5.41) is 0.0795. The highest BCUT2D eigenvalue weighted by molar-refractivity contribution is 6.30. The first kappa shape index (κ1) is 12.1. The molecular formula is C13H13ClFNO. The molecule has 0 aliphatic carbocycles. The Bertz CT molecular complexity index is 550. The summed E-state index contributed by atoms with van der Waals surface area (Å²) in [4.78, 5) is 0. The maximum Gasteiger partial charge on any atom is 0.146 e. The van der Waals surface area contributed by atoms with Crippen LogP contribution in [0.2, 0.25) is 5.02 Å². The Morgan fingerprint density at radius 3 is 2.59 bits per heavy atom. The Kier molecular flexibility index (Phi) is 3.22. The molecular weight excluding hydrogens is 241 g/mol. The van der Waals surface area contributed by atoms with Crippen molar-refractivity contribution in [1.29, 1.82) is 0 Å². The van der Waals surface area contributed by atoms with Gasteiger partial charge in [0.25, 0.3) is 0 Å². The predicted octanol–water partition coefficient (Wildman–Crippen LogP) is 3.74. The second-order valence-electron chi connectivity index (χ2n) is 3.99. The summed E-state index contributed by atoms with van der Waals surface area (Å²) < 4.78 is 19.2. The first-order valence-electron chi connectivity index (χ1n) is 5.27. The van der Waals surface area contributed by atoms with Gasteiger partial charge >= 0.3 is 0 Å². The van der Waals surface area contributed by atoms with Crippen molar-refractivity contribution in [1.82, 2.24) is 0 Å². The van der Waals surface area contributed by atoms with Crippen molar-refractivity contribution in [2.75, 3.05) is 0 Å². The molecule has 0 bridgehead atoms. The molecule has 2 aromatic rings. The minimum Gasteiger partial charge on any atom is -0.466 e.